The Kier molecular flexibility index (Phi) is 8.07. The number of anilines is 2. The van der Waals surface area contributed by atoms with Crippen LogP contribution < -0.4 is 15.8 Å². The summed E-state index contributed by atoms with van der Waals surface area (Å²) in [4.78, 5) is 18.1. The molecule has 19 heteroatoms. The molecule has 4 N–H and O–H groups in total. The molecule has 7 rings (SSSR count). The summed E-state index contributed by atoms with van der Waals surface area (Å²) in [7, 11) is -2.20. The van der Waals surface area contributed by atoms with E-state index in [-0.39, 0.29) is 41.2 Å². The van der Waals surface area contributed by atoms with Crippen molar-refractivity contribution in [2.45, 2.75) is 50.4 Å². The van der Waals surface area contributed by atoms with Gasteiger partial charge in [0.25, 0.3) is 5.92 Å². The SMILES string of the molecule is Cc1ccc(-c2cc(N)cnc2C(Cc2cc(F)cc(F)c2)NC(=O)Cn2nc(C(F)(F)F)c3c2C(F)(F)C2CC32)c2c1c(NS(C)(=O)=O)nn2C. The van der Waals surface area contributed by atoms with Gasteiger partial charge >= 0.3 is 6.18 Å². The second-order valence-corrected chi connectivity index (χ2v) is 14.9. The molecule has 2 aliphatic rings. The fraction of sp³-hybridized carbons (Fsp3) is 0.333. The van der Waals surface area contributed by atoms with E-state index in [0.29, 0.717) is 32.8 Å². The van der Waals surface area contributed by atoms with E-state index < -0.39 is 81.0 Å². The summed E-state index contributed by atoms with van der Waals surface area (Å²) in [6.07, 6.45) is -3.29. The van der Waals surface area contributed by atoms with E-state index in [4.69, 9.17) is 5.73 Å². The van der Waals surface area contributed by atoms with E-state index in [1.165, 1.54) is 16.9 Å². The van der Waals surface area contributed by atoms with Crippen LogP contribution in [0.3, 0.4) is 0 Å². The number of pyridine rings is 1. The normalized spacial score (nSPS) is 18.3. The molecule has 0 saturated heterocycles. The average molecular weight is 751 g/mol. The van der Waals surface area contributed by atoms with E-state index in [1.54, 1.807) is 26.1 Å². The smallest absolute Gasteiger partial charge is 0.397 e. The van der Waals surface area contributed by atoms with Crippen LogP contribution in [0.2, 0.25) is 0 Å². The van der Waals surface area contributed by atoms with Crippen molar-refractivity contribution in [1.29, 1.82) is 0 Å². The molecule has 274 valence electrons. The van der Waals surface area contributed by atoms with Crippen molar-refractivity contribution in [3.8, 4) is 11.1 Å². The molecule has 1 saturated carbocycles. The highest BCUT2D eigenvalue weighted by molar-refractivity contribution is 7.92. The number of nitrogens with two attached hydrogens (primary N) is 1. The molecule has 3 unspecified atom stereocenters. The molecule has 2 aliphatic carbocycles. The van der Waals surface area contributed by atoms with Gasteiger partial charge in [0.05, 0.1) is 35.4 Å². The molecule has 3 aromatic heterocycles. The maximum Gasteiger partial charge on any atom is 0.435 e. The molecule has 0 spiro atoms. The van der Waals surface area contributed by atoms with Crippen LogP contribution in [0.15, 0.2) is 42.6 Å². The van der Waals surface area contributed by atoms with E-state index in [0.717, 1.165) is 18.4 Å². The first-order valence-corrected chi connectivity index (χ1v) is 17.6. The summed E-state index contributed by atoms with van der Waals surface area (Å²) < 4.78 is 129. The quantitative estimate of drug-likeness (QED) is 0.164. The van der Waals surface area contributed by atoms with Crippen molar-refractivity contribution in [3.05, 3.63) is 88.0 Å². The molecule has 52 heavy (non-hydrogen) atoms. The zero-order chi connectivity index (χ0) is 37.7. The number of sulfonamides is 1. The number of carbonyl (C=O) groups is 1. The zero-order valence-electron chi connectivity index (χ0n) is 27.5. The van der Waals surface area contributed by atoms with Crippen molar-refractivity contribution in [2.24, 2.45) is 13.0 Å². The lowest BCUT2D eigenvalue weighted by molar-refractivity contribution is -0.142. The van der Waals surface area contributed by atoms with Crippen LogP contribution in [0.25, 0.3) is 22.0 Å². The van der Waals surface area contributed by atoms with Gasteiger partial charge in [-0.3, -0.25) is 23.9 Å². The number of aryl methyl sites for hydroxylation is 2. The molecule has 0 aliphatic heterocycles. The highest BCUT2D eigenvalue weighted by Gasteiger charge is 2.68. The van der Waals surface area contributed by atoms with Crippen LogP contribution in [0.5, 0.6) is 0 Å². The number of nitrogens with one attached hydrogen (secondary N) is 2. The lowest BCUT2D eigenvalue weighted by Gasteiger charge is -2.23. The van der Waals surface area contributed by atoms with Gasteiger partial charge in [0.15, 0.2) is 11.5 Å². The number of amides is 1. The summed E-state index contributed by atoms with van der Waals surface area (Å²) in [6.45, 7) is 0.688. The Morgan fingerprint density at radius 3 is 2.44 bits per heavy atom. The Bertz CT molecular complexity index is 2390. The third kappa shape index (κ3) is 6.19. The molecule has 1 fully saturated rings. The topological polar surface area (TPSA) is 150 Å². The molecular formula is C33H29F7N8O3S. The highest BCUT2D eigenvalue weighted by atomic mass is 32.2. The van der Waals surface area contributed by atoms with E-state index in [2.05, 4.69) is 25.2 Å². The number of hydrogen-bond acceptors (Lipinski definition) is 7. The molecule has 0 radical (unpaired) electrons. The minimum absolute atomic E-state index is 0.0253. The Balaban J connectivity index is 1.33. The van der Waals surface area contributed by atoms with Crippen molar-refractivity contribution in [1.82, 2.24) is 29.9 Å². The molecule has 2 aromatic carbocycles. The minimum atomic E-state index is -5.05. The van der Waals surface area contributed by atoms with Gasteiger partial charge in [0.1, 0.15) is 23.9 Å². The Morgan fingerprint density at radius 1 is 1.10 bits per heavy atom. The predicted molar refractivity (Wildman–Crippen MR) is 174 cm³/mol. The largest absolute Gasteiger partial charge is 0.435 e. The van der Waals surface area contributed by atoms with E-state index >= 15 is 8.78 Å². The lowest BCUT2D eigenvalue weighted by atomic mass is 9.93. The number of carbonyl (C=O) groups excluding carboxylic acids is 1. The number of halogens is 7. The molecule has 5 aromatic rings. The summed E-state index contributed by atoms with van der Waals surface area (Å²) >= 11 is 0. The fourth-order valence-corrected chi connectivity index (χ4v) is 7.67. The number of fused-ring (bicyclic) bond motifs is 4. The number of rotatable bonds is 9. The van der Waals surface area contributed by atoms with Crippen LogP contribution in [-0.2, 0) is 46.9 Å². The van der Waals surface area contributed by atoms with E-state index in [1.807, 2.05) is 0 Å². The maximum absolute atomic E-state index is 15.2. The second kappa shape index (κ2) is 11.9. The molecular weight excluding hydrogens is 721 g/mol. The van der Waals surface area contributed by atoms with Gasteiger partial charge in [-0.05, 0) is 55.0 Å². The summed E-state index contributed by atoms with van der Waals surface area (Å²) in [6, 6.07) is 6.23. The third-order valence-electron chi connectivity index (χ3n) is 9.23. The summed E-state index contributed by atoms with van der Waals surface area (Å²) in [5.74, 6) is -8.88. The number of benzene rings is 2. The van der Waals surface area contributed by atoms with Gasteiger partial charge in [-0.25, -0.2) is 17.2 Å². The molecule has 3 atom stereocenters. The van der Waals surface area contributed by atoms with Gasteiger partial charge in [-0.1, -0.05) is 12.1 Å². The third-order valence-corrected chi connectivity index (χ3v) is 9.79. The first kappa shape index (κ1) is 35.2. The van der Waals surface area contributed by atoms with Crippen molar-refractivity contribution in [3.63, 3.8) is 0 Å². The van der Waals surface area contributed by atoms with Gasteiger partial charge in [-0.2, -0.15) is 32.1 Å². The van der Waals surface area contributed by atoms with Crippen molar-refractivity contribution >= 4 is 38.3 Å². The summed E-state index contributed by atoms with van der Waals surface area (Å²) in [5, 5.41) is 10.8. The minimum Gasteiger partial charge on any atom is -0.397 e. The molecule has 11 nitrogen and oxygen atoms in total. The number of nitrogen functional groups attached to an aromatic ring is 1. The van der Waals surface area contributed by atoms with Crippen molar-refractivity contribution < 1.29 is 43.9 Å². The molecule has 3 heterocycles. The average Bonchev–Trinajstić information content (AvgIpc) is 3.55. The lowest BCUT2D eigenvalue weighted by Crippen LogP contribution is -2.35. The first-order chi connectivity index (χ1) is 24.2. The second-order valence-electron chi connectivity index (χ2n) is 13.1. The number of nitrogens with zero attached hydrogens (tertiary/aromatic N) is 5. The Labute approximate surface area is 291 Å². The van der Waals surface area contributed by atoms with Gasteiger partial charge < -0.3 is 11.1 Å². The van der Waals surface area contributed by atoms with E-state index in [9.17, 15) is 35.2 Å². The Hall–Kier alpha value is -5.20. The predicted octanol–water partition coefficient (Wildman–Crippen LogP) is 5.70. The molecule has 1 amide bonds. The van der Waals surface area contributed by atoms with Gasteiger partial charge in [0.2, 0.25) is 15.9 Å². The number of hydrogen-bond donors (Lipinski definition) is 3. The monoisotopic (exact) mass is 750 g/mol. The number of aromatic nitrogens is 5. The molecule has 0 bridgehead atoms. The van der Waals surface area contributed by atoms with Crippen LogP contribution >= 0.6 is 0 Å². The summed E-state index contributed by atoms with van der Waals surface area (Å²) in [5.41, 5.74) is 5.08. The fourth-order valence-electron chi connectivity index (χ4n) is 7.18. The zero-order valence-corrected chi connectivity index (χ0v) is 28.3. The standard InChI is InChI=1S/C33H29F7N8O3S/c1-14-4-5-19(28-25(14)31(45-47(28)2)46-52(3,50)51)20-10-18(41)12-42-27(20)23(8-15-6-16(34)9-17(35)7-15)43-24(49)13-48-30-26(29(44-48)33(38,39)40)21-11-22(21)32(30,36)37/h4-7,9-10,12,21-23H,8,11,13,41H2,1-3H3,(H,43,49)(H,45,46). The maximum atomic E-state index is 15.2. The van der Waals surface area contributed by atoms with Crippen LogP contribution in [-0.4, -0.2) is 45.1 Å². The van der Waals surface area contributed by atoms with Gasteiger partial charge in [0, 0.05) is 41.1 Å². The number of alkyl halides is 5. The first-order valence-electron chi connectivity index (χ1n) is 15.7. The highest BCUT2D eigenvalue weighted by Crippen LogP contribution is 2.68. The van der Waals surface area contributed by atoms with Crippen LogP contribution in [0, 0.1) is 24.5 Å². The van der Waals surface area contributed by atoms with Crippen LogP contribution in [0.1, 0.15) is 52.2 Å². The Morgan fingerprint density at radius 2 is 1.79 bits per heavy atom. The van der Waals surface area contributed by atoms with Crippen LogP contribution in [0.4, 0.5) is 42.2 Å². The van der Waals surface area contributed by atoms with Crippen molar-refractivity contribution in [2.75, 3.05) is 16.7 Å². The van der Waals surface area contributed by atoms with Gasteiger partial charge in [-0.15, -0.1) is 0 Å².